The number of benzene rings is 4. The second-order valence-electron chi connectivity index (χ2n) is 7.89. The number of halogens is 1. The van der Waals surface area contributed by atoms with Gasteiger partial charge >= 0.3 is 5.97 Å². The zero-order valence-corrected chi connectivity index (χ0v) is 19.9. The van der Waals surface area contributed by atoms with Crippen LogP contribution in [0.15, 0.2) is 95.9 Å². The molecular formula is C28H18ClNO4S. The molecule has 0 atom stereocenters. The first-order chi connectivity index (χ1) is 17.0. The van der Waals surface area contributed by atoms with E-state index in [4.69, 9.17) is 16.3 Å². The van der Waals surface area contributed by atoms with E-state index < -0.39 is 5.97 Å². The number of nitrogens with zero attached hydrogens (tertiary/aromatic N) is 1. The van der Waals surface area contributed by atoms with Crippen molar-refractivity contribution in [3.05, 3.63) is 118 Å². The minimum absolute atomic E-state index is 0.144. The molecule has 0 aliphatic carbocycles. The van der Waals surface area contributed by atoms with Crippen LogP contribution < -0.4 is 4.74 Å². The molecule has 7 heteroatoms. The van der Waals surface area contributed by atoms with Gasteiger partial charge in [0.05, 0.1) is 17.0 Å². The molecule has 0 unspecified atom stereocenters. The van der Waals surface area contributed by atoms with Crippen LogP contribution in [0.2, 0.25) is 5.02 Å². The van der Waals surface area contributed by atoms with Gasteiger partial charge in [-0.1, -0.05) is 72.3 Å². The highest BCUT2D eigenvalue weighted by molar-refractivity contribution is 8.18. The lowest BCUT2D eigenvalue weighted by Crippen LogP contribution is -2.27. The number of esters is 1. The van der Waals surface area contributed by atoms with Gasteiger partial charge < -0.3 is 4.74 Å². The highest BCUT2D eigenvalue weighted by atomic mass is 35.5. The molecule has 1 aliphatic heterocycles. The molecule has 172 valence electrons. The molecule has 1 saturated heterocycles. The zero-order chi connectivity index (χ0) is 24.4. The summed E-state index contributed by atoms with van der Waals surface area (Å²) in [6.07, 6.45) is 1.62. The Balaban J connectivity index is 1.34. The summed E-state index contributed by atoms with van der Waals surface area (Å²) in [6.45, 7) is 0.144. The van der Waals surface area contributed by atoms with Crippen LogP contribution in [0, 0.1) is 0 Å². The maximum Gasteiger partial charge on any atom is 0.344 e. The second-order valence-corrected chi connectivity index (χ2v) is 9.32. The molecule has 4 aromatic rings. The van der Waals surface area contributed by atoms with Crippen LogP contribution >= 0.6 is 23.4 Å². The summed E-state index contributed by atoms with van der Waals surface area (Å²) in [5.41, 5.74) is 1.88. The topological polar surface area (TPSA) is 63.7 Å². The SMILES string of the molecule is O=C(Oc1cccc(/C=C2\SC(=O)N(Cc3cccc(Cl)c3)C2=O)c1)c1cccc2ccccc12. The van der Waals surface area contributed by atoms with Crippen molar-refractivity contribution >= 4 is 57.3 Å². The Morgan fingerprint density at radius 1 is 0.914 bits per heavy atom. The van der Waals surface area contributed by atoms with E-state index in [9.17, 15) is 14.4 Å². The first-order valence-electron chi connectivity index (χ1n) is 10.8. The van der Waals surface area contributed by atoms with Crippen molar-refractivity contribution in [1.82, 2.24) is 4.90 Å². The number of imide groups is 1. The molecule has 0 radical (unpaired) electrons. The van der Waals surface area contributed by atoms with E-state index in [1.165, 1.54) is 4.90 Å². The van der Waals surface area contributed by atoms with E-state index in [1.807, 2.05) is 42.5 Å². The lowest BCUT2D eigenvalue weighted by Gasteiger charge is -2.12. The normalized spacial score (nSPS) is 14.7. The fraction of sp³-hybridized carbons (Fsp3) is 0.0357. The molecule has 0 saturated carbocycles. The molecule has 1 aliphatic rings. The zero-order valence-electron chi connectivity index (χ0n) is 18.3. The fourth-order valence-corrected chi connectivity index (χ4v) is 4.89. The van der Waals surface area contributed by atoms with Crippen LogP contribution in [0.25, 0.3) is 16.8 Å². The smallest absolute Gasteiger partial charge is 0.344 e. The summed E-state index contributed by atoms with van der Waals surface area (Å²) >= 11 is 6.89. The first kappa shape index (κ1) is 22.9. The number of carbonyl (C=O) groups is 3. The number of fused-ring (bicyclic) bond motifs is 1. The average Bonchev–Trinajstić information content (AvgIpc) is 3.11. The van der Waals surface area contributed by atoms with Gasteiger partial charge in [0.1, 0.15) is 5.75 Å². The van der Waals surface area contributed by atoms with E-state index in [0.717, 1.165) is 28.1 Å². The molecule has 0 spiro atoms. The molecule has 0 N–H and O–H groups in total. The van der Waals surface area contributed by atoms with Gasteiger partial charge in [0.2, 0.25) is 0 Å². The van der Waals surface area contributed by atoms with E-state index in [2.05, 4.69) is 0 Å². The molecule has 0 aromatic heterocycles. The Hall–Kier alpha value is -3.87. The molecule has 5 rings (SSSR count). The van der Waals surface area contributed by atoms with E-state index in [-0.39, 0.29) is 17.7 Å². The highest BCUT2D eigenvalue weighted by Crippen LogP contribution is 2.34. The largest absolute Gasteiger partial charge is 0.423 e. The summed E-state index contributed by atoms with van der Waals surface area (Å²) in [5.74, 6) is -0.506. The average molecular weight is 500 g/mol. The molecule has 4 aromatic carbocycles. The van der Waals surface area contributed by atoms with Gasteiger partial charge in [-0.2, -0.15) is 0 Å². The summed E-state index contributed by atoms with van der Waals surface area (Å²) in [7, 11) is 0. The highest BCUT2D eigenvalue weighted by Gasteiger charge is 2.35. The number of thioether (sulfide) groups is 1. The van der Waals surface area contributed by atoms with Crippen molar-refractivity contribution in [3.63, 3.8) is 0 Å². The van der Waals surface area contributed by atoms with E-state index >= 15 is 0 Å². The van der Waals surface area contributed by atoms with Crippen molar-refractivity contribution in [2.45, 2.75) is 6.54 Å². The molecule has 35 heavy (non-hydrogen) atoms. The van der Waals surface area contributed by atoms with Gasteiger partial charge in [-0.05, 0) is 70.1 Å². The van der Waals surface area contributed by atoms with Crippen LogP contribution in [-0.4, -0.2) is 22.0 Å². The van der Waals surface area contributed by atoms with Gasteiger partial charge in [0.25, 0.3) is 11.1 Å². The number of rotatable bonds is 5. The quantitative estimate of drug-likeness (QED) is 0.169. The Morgan fingerprint density at radius 3 is 2.54 bits per heavy atom. The van der Waals surface area contributed by atoms with Crippen LogP contribution in [0.3, 0.4) is 0 Å². The molecule has 2 amide bonds. The van der Waals surface area contributed by atoms with Gasteiger partial charge in [-0.3, -0.25) is 14.5 Å². The van der Waals surface area contributed by atoms with Crippen molar-refractivity contribution in [2.24, 2.45) is 0 Å². The van der Waals surface area contributed by atoms with E-state index in [1.54, 1.807) is 54.6 Å². The third kappa shape index (κ3) is 4.99. The minimum Gasteiger partial charge on any atom is -0.423 e. The summed E-state index contributed by atoms with van der Waals surface area (Å²) in [4.78, 5) is 39.7. The Kier molecular flexibility index (Phi) is 6.40. The Morgan fingerprint density at radius 2 is 1.69 bits per heavy atom. The van der Waals surface area contributed by atoms with Crippen molar-refractivity contribution in [1.29, 1.82) is 0 Å². The van der Waals surface area contributed by atoms with Crippen LogP contribution in [0.5, 0.6) is 5.75 Å². The molecular weight excluding hydrogens is 482 g/mol. The second kappa shape index (κ2) is 9.78. The Bertz CT molecular complexity index is 1510. The maximum absolute atomic E-state index is 12.9. The van der Waals surface area contributed by atoms with Crippen LogP contribution in [0.1, 0.15) is 21.5 Å². The third-order valence-electron chi connectivity index (χ3n) is 5.48. The molecule has 5 nitrogen and oxygen atoms in total. The number of amides is 2. The first-order valence-corrected chi connectivity index (χ1v) is 12.0. The van der Waals surface area contributed by atoms with Crippen molar-refractivity contribution < 1.29 is 19.1 Å². The number of hydrogen-bond donors (Lipinski definition) is 0. The number of carbonyl (C=O) groups excluding carboxylic acids is 3. The maximum atomic E-state index is 12.9. The molecule has 1 fully saturated rings. The fourth-order valence-electron chi connectivity index (χ4n) is 3.84. The lowest BCUT2D eigenvalue weighted by atomic mass is 10.0. The monoisotopic (exact) mass is 499 g/mol. The predicted octanol–water partition coefficient (Wildman–Crippen LogP) is 6.95. The molecule has 1 heterocycles. The van der Waals surface area contributed by atoms with Crippen LogP contribution in [0.4, 0.5) is 4.79 Å². The van der Waals surface area contributed by atoms with Crippen molar-refractivity contribution in [2.75, 3.05) is 0 Å². The summed E-state index contributed by atoms with van der Waals surface area (Å²) in [5, 5.41) is 1.95. The minimum atomic E-state index is -0.471. The standard InChI is InChI=1S/C28H18ClNO4S/c29-21-10-3-7-19(14-21)17-30-26(31)25(35-28(30)33)16-18-6-4-11-22(15-18)34-27(32)24-13-5-9-20-8-1-2-12-23(20)24/h1-16H,17H2/b25-16-. The van der Waals surface area contributed by atoms with E-state index in [0.29, 0.717) is 26.8 Å². The van der Waals surface area contributed by atoms with Gasteiger partial charge in [-0.15, -0.1) is 0 Å². The summed E-state index contributed by atoms with van der Waals surface area (Å²) < 4.78 is 5.62. The number of ether oxygens (including phenoxy) is 1. The Labute approximate surface area is 211 Å². The number of hydrogen-bond acceptors (Lipinski definition) is 5. The van der Waals surface area contributed by atoms with Gasteiger partial charge in [0, 0.05) is 5.02 Å². The van der Waals surface area contributed by atoms with Crippen molar-refractivity contribution in [3.8, 4) is 5.75 Å². The third-order valence-corrected chi connectivity index (χ3v) is 6.62. The van der Waals surface area contributed by atoms with Gasteiger partial charge in [0.15, 0.2) is 0 Å². The van der Waals surface area contributed by atoms with Gasteiger partial charge in [-0.25, -0.2) is 4.79 Å². The lowest BCUT2D eigenvalue weighted by molar-refractivity contribution is -0.123. The molecule has 0 bridgehead atoms. The summed E-state index contributed by atoms with van der Waals surface area (Å²) in [6, 6.07) is 27.0. The van der Waals surface area contributed by atoms with Crippen LogP contribution in [-0.2, 0) is 11.3 Å². The predicted molar refractivity (Wildman–Crippen MR) is 138 cm³/mol.